The first-order valence-corrected chi connectivity index (χ1v) is 8.44. The van der Waals surface area contributed by atoms with E-state index in [0.29, 0.717) is 12.2 Å². The predicted octanol–water partition coefficient (Wildman–Crippen LogP) is 2.55. The summed E-state index contributed by atoms with van der Waals surface area (Å²) in [5.41, 5.74) is 2.67. The third-order valence-electron chi connectivity index (χ3n) is 4.23. The predicted molar refractivity (Wildman–Crippen MR) is 87.8 cm³/mol. The van der Waals surface area contributed by atoms with Gasteiger partial charge in [-0.3, -0.25) is 0 Å². The number of morpholine rings is 1. The molecule has 5 heteroatoms. The number of fused-ring (bicyclic) bond motifs is 2. The van der Waals surface area contributed by atoms with Crippen LogP contribution in [-0.4, -0.2) is 45.6 Å². The SMILES string of the molecule is COCCNCc1ccc(Br)cc1N1CC2CCC(C1)O2. The van der Waals surface area contributed by atoms with Crippen LogP contribution in [0, 0.1) is 0 Å². The molecule has 0 aliphatic carbocycles. The molecule has 1 N–H and O–H groups in total. The van der Waals surface area contributed by atoms with Gasteiger partial charge in [-0.15, -0.1) is 0 Å². The molecular formula is C16H23BrN2O2. The smallest absolute Gasteiger partial charge is 0.0755 e. The lowest BCUT2D eigenvalue weighted by atomic mass is 10.1. The van der Waals surface area contributed by atoms with Gasteiger partial charge in [0, 0.05) is 43.4 Å². The van der Waals surface area contributed by atoms with Gasteiger partial charge in [0.25, 0.3) is 0 Å². The van der Waals surface area contributed by atoms with Crippen molar-refractivity contribution in [2.24, 2.45) is 0 Å². The van der Waals surface area contributed by atoms with Crippen molar-refractivity contribution in [1.29, 1.82) is 0 Å². The fourth-order valence-corrected chi connectivity index (χ4v) is 3.54. The third-order valence-corrected chi connectivity index (χ3v) is 4.72. The lowest BCUT2D eigenvalue weighted by molar-refractivity contribution is 0.0304. The highest BCUT2D eigenvalue weighted by Crippen LogP contribution is 2.32. The van der Waals surface area contributed by atoms with Crippen LogP contribution in [0.15, 0.2) is 22.7 Å². The summed E-state index contributed by atoms with van der Waals surface area (Å²) in [6, 6.07) is 6.56. The molecule has 1 aromatic rings. The third kappa shape index (κ3) is 3.77. The van der Waals surface area contributed by atoms with E-state index in [0.717, 1.165) is 37.3 Å². The number of rotatable bonds is 6. The van der Waals surface area contributed by atoms with E-state index in [1.165, 1.54) is 24.1 Å². The van der Waals surface area contributed by atoms with Gasteiger partial charge in [-0.25, -0.2) is 0 Å². The van der Waals surface area contributed by atoms with E-state index in [9.17, 15) is 0 Å². The molecule has 116 valence electrons. The molecule has 2 aliphatic heterocycles. The first kappa shape index (κ1) is 15.3. The maximum absolute atomic E-state index is 5.95. The highest BCUT2D eigenvalue weighted by molar-refractivity contribution is 9.10. The van der Waals surface area contributed by atoms with Crippen LogP contribution in [-0.2, 0) is 16.0 Å². The normalized spacial score (nSPS) is 24.6. The molecule has 3 rings (SSSR count). The highest BCUT2D eigenvalue weighted by Gasteiger charge is 2.34. The summed E-state index contributed by atoms with van der Waals surface area (Å²) in [6.45, 7) is 4.52. The van der Waals surface area contributed by atoms with Crippen molar-refractivity contribution >= 4 is 21.6 Å². The summed E-state index contributed by atoms with van der Waals surface area (Å²) in [7, 11) is 1.73. The average Bonchev–Trinajstić information content (AvgIpc) is 2.83. The first-order valence-electron chi connectivity index (χ1n) is 7.65. The van der Waals surface area contributed by atoms with Crippen molar-refractivity contribution in [3.63, 3.8) is 0 Å². The number of methoxy groups -OCH3 is 1. The van der Waals surface area contributed by atoms with Crippen LogP contribution in [0.5, 0.6) is 0 Å². The van der Waals surface area contributed by atoms with Gasteiger partial charge in [0.05, 0.1) is 18.8 Å². The second-order valence-corrected chi connectivity index (χ2v) is 6.72. The van der Waals surface area contributed by atoms with Gasteiger partial charge in [0.2, 0.25) is 0 Å². The summed E-state index contributed by atoms with van der Waals surface area (Å²) in [5, 5.41) is 3.44. The zero-order valence-corrected chi connectivity index (χ0v) is 14.1. The topological polar surface area (TPSA) is 33.7 Å². The maximum atomic E-state index is 5.95. The van der Waals surface area contributed by atoms with Crippen LogP contribution in [0.25, 0.3) is 0 Å². The Hall–Kier alpha value is -0.620. The van der Waals surface area contributed by atoms with Gasteiger partial charge in [0.1, 0.15) is 0 Å². The van der Waals surface area contributed by atoms with Crippen molar-refractivity contribution in [2.45, 2.75) is 31.6 Å². The Morgan fingerprint density at radius 3 is 2.81 bits per heavy atom. The fraction of sp³-hybridized carbons (Fsp3) is 0.625. The van der Waals surface area contributed by atoms with Crippen molar-refractivity contribution in [3.05, 3.63) is 28.2 Å². The number of halogens is 1. The lowest BCUT2D eigenvalue weighted by Crippen LogP contribution is -2.43. The van der Waals surface area contributed by atoms with E-state index in [1.54, 1.807) is 7.11 Å². The number of hydrogen-bond acceptors (Lipinski definition) is 4. The largest absolute Gasteiger partial charge is 0.383 e. The Morgan fingerprint density at radius 1 is 1.33 bits per heavy atom. The summed E-state index contributed by atoms with van der Waals surface area (Å²) < 4.78 is 12.2. The zero-order chi connectivity index (χ0) is 14.7. The summed E-state index contributed by atoms with van der Waals surface area (Å²) in [6.07, 6.45) is 3.24. The first-order chi connectivity index (χ1) is 10.3. The molecule has 2 aliphatic rings. The minimum absolute atomic E-state index is 0.414. The monoisotopic (exact) mass is 354 g/mol. The molecule has 2 unspecified atom stereocenters. The molecule has 0 amide bonds. The van der Waals surface area contributed by atoms with Crippen LogP contribution in [0.4, 0.5) is 5.69 Å². The number of ether oxygens (including phenoxy) is 2. The molecule has 2 bridgehead atoms. The Balaban J connectivity index is 1.71. The van der Waals surface area contributed by atoms with Crippen LogP contribution in [0.1, 0.15) is 18.4 Å². The van der Waals surface area contributed by atoms with E-state index in [2.05, 4.69) is 44.3 Å². The minimum Gasteiger partial charge on any atom is -0.383 e. The molecular weight excluding hydrogens is 332 g/mol. The number of nitrogens with one attached hydrogen (secondary N) is 1. The van der Waals surface area contributed by atoms with Gasteiger partial charge in [-0.1, -0.05) is 22.0 Å². The molecule has 2 saturated heterocycles. The highest BCUT2D eigenvalue weighted by atomic mass is 79.9. The van der Waals surface area contributed by atoms with Crippen LogP contribution < -0.4 is 10.2 Å². The molecule has 2 heterocycles. The molecule has 4 nitrogen and oxygen atoms in total. The molecule has 0 saturated carbocycles. The average molecular weight is 355 g/mol. The van der Waals surface area contributed by atoms with Gasteiger partial charge < -0.3 is 19.7 Å². The van der Waals surface area contributed by atoms with Crippen LogP contribution >= 0.6 is 15.9 Å². The number of hydrogen-bond donors (Lipinski definition) is 1. The summed E-state index contributed by atoms with van der Waals surface area (Å²) in [5.74, 6) is 0. The maximum Gasteiger partial charge on any atom is 0.0755 e. The van der Waals surface area contributed by atoms with Gasteiger partial charge in [-0.2, -0.15) is 0 Å². The number of benzene rings is 1. The Labute approximate surface area is 134 Å². The second-order valence-electron chi connectivity index (χ2n) is 5.81. The van der Waals surface area contributed by atoms with E-state index in [1.807, 2.05) is 0 Å². The van der Waals surface area contributed by atoms with Crippen molar-refractivity contribution in [1.82, 2.24) is 5.32 Å². The molecule has 0 spiro atoms. The molecule has 2 fully saturated rings. The fourth-order valence-electron chi connectivity index (χ4n) is 3.19. The quantitative estimate of drug-likeness (QED) is 0.796. The van der Waals surface area contributed by atoms with Crippen molar-refractivity contribution in [2.75, 3.05) is 38.3 Å². The Bertz CT molecular complexity index is 471. The molecule has 1 aromatic carbocycles. The minimum atomic E-state index is 0.414. The zero-order valence-electron chi connectivity index (χ0n) is 12.5. The van der Waals surface area contributed by atoms with Gasteiger partial charge in [-0.05, 0) is 30.5 Å². The standard InChI is InChI=1S/C16H23BrN2O2/c1-20-7-6-18-9-12-2-3-13(17)8-16(12)19-10-14-4-5-15(11-19)21-14/h2-3,8,14-15,18H,4-7,9-11H2,1H3. The van der Waals surface area contributed by atoms with Crippen LogP contribution in [0.3, 0.4) is 0 Å². The second kappa shape index (κ2) is 7.09. The molecule has 21 heavy (non-hydrogen) atoms. The van der Waals surface area contributed by atoms with Gasteiger partial charge >= 0.3 is 0 Å². The van der Waals surface area contributed by atoms with E-state index in [-0.39, 0.29) is 0 Å². The molecule has 2 atom stereocenters. The van der Waals surface area contributed by atoms with E-state index in [4.69, 9.17) is 9.47 Å². The Morgan fingerprint density at radius 2 is 2.10 bits per heavy atom. The van der Waals surface area contributed by atoms with Crippen molar-refractivity contribution in [3.8, 4) is 0 Å². The molecule has 0 aromatic heterocycles. The summed E-state index contributed by atoms with van der Waals surface area (Å²) >= 11 is 3.60. The summed E-state index contributed by atoms with van der Waals surface area (Å²) in [4.78, 5) is 2.49. The van der Waals surface area contributed by atoms with E-state index < -0.39 is 0 Å². The lowest BCUT2D eigenvalue weighted by Gasteiger charge is -2.35. The molecule has 0 radical (unpaired) electrons. The van der Waals surface area contributed by atoms with Crippen molar-refractivity contribution < 1.29 is 9.47 Å². The number of anilines is 1. The van der Waals surface area contributed by atoms with Gasteiger partial charge in [0.15, 0.2) is 0 Å². The Kier molecular flexibility index (Phi) is 5.16. The number of nitrogens with zero attached hydrogens (tertiary/aromatic N) is 1. The van der Waals surface area contributed by atoms with Crippen LogP contribution in [0.2, 0.25) is 0 Å². The van der Waals surface area contributed by atoms with E-state index >= 15 is 0 Å².